The Morgan fingerprint density at radius 1 is 1.37 bits per heavy atom. The van der Waals surface area contributed by atoms with Crippen molar-refractivity contribution in [1.82, 2.24) is 4.98 Å². The van der Waals surface area contributed by atoms with Crippen molar-refractivity contribution in [2.24, 2.45) is 0 Å². The summed E-state index contributed by atoms with van der Waals surface area (Å²) in [7, 11) is 0. The topological polar surface area (TPSA) is 34.1 Å². The second-order valence-corrected chi connectivity index (χ2v) is 6.22. The minimum atomic E-state index is 0.500. The fourth-order valence-corrected chi connectivity index (χ4v) is 3.42. The lowest BCUT2D eigenvalue weighted by Gasteiger charge is -2.10. The Kier molecular flexibility index (Phi) is 3.99. The van der Waals surface area contributed by atoms with Crippen LogP contribution in [0.2, 0.25) is 0 Å². The molecule has 3 nitrogen and oxygen atoms in total. The lowest BCUT2D eigenvalue weighted by Crippen LogP contribution is -2.15. The first kappa shape index (κ1) is 12.9. The molecule has 1 aliphatic rings. The van der Waals surface area contributed by atoms with Gasteiger partial charge < -0.3 is 10.1 Å². The van der Waals surface area contributed by atoms with E-state index < -0.39 is 0 Å². The van der Waals surface area contributed by atoms with E-state index in [0.29, 0.717) is 6.10 Å². The zero-order valence-corrected chi connectivity index (χ0v) is 12.1. The maximum Gasteiger partial charge on any atom is 0.183 e. The predicted molar refractivity (Wildman–Crippen MR) is 81.1 cm³/mol. The van der Waals surface area contributed by atoms with Gasteiger partial charge in [0.15, 0.2) is 5.13 Å². The molecule has 0 bridgehead atoms. The van der Waals surface area contributed by atoms with Crippen LogP contribution in [-0.4, -0.2) is 24.2 Å². The van der Waals surface area contributed by atoms with Gasteiger partial charge in [0.05, 0.1) is 22.9 Å². The highest BCUT2D eigenvalue weighted by Gasteiger charge is 2.14. The van der Waals surface area contributed by atoms with Crippen molar-refractivity contribution < 1.29 is 4.74 Å². The molecule has 1 aliphatic carbocycles. The van der Waals surface area contributed by atoms with Crippen LogP contribution in [0.3, 0.4) is 0 Å². The van der Waals surface area contributed by atoms with Crippen LogP contribution in [0.1, 0.15) is 31.2 Å². The van der Waals surface area contributed by atoms with Gasteiger partial charge in [-0.15, -0.1) is 0 Å². The standard InChI is InChI=1S/C15H20N2OS/c1-11-6-7-14-13(10-11)17-15(19-14)16-8-9-18-12-4-2-3-5-12/h6-7,10,12H,2-5,8-9H2,1H3,(H,16,17). The van der Waals surface area contributed by atoms with Crippen molar-refractivity contribution in [3.63, 3.8) is 0 Å². The van der Waals surface area contributed by atoms with Crippen LogP contribution in [0.5, 0.6) is 0 Å². The second kappa shape index (κ2) is 5.88. The summed E-state index contributed by atoms with van der Waals surface area (Å²) in [6.45, 7) is 3.72. The first-order valence-corrected chi connectivity index (χ1v) is 7.85. The zero-order chi connectivity index (χ0) is 13.1. The highest BCUT2D eigenvalue weighted by Crippen LogP contribution is 2.26. The van der Waals surface area contributed by atoms with Gasteiger partial charge in [-0.05, 0) is 37.5 Å². The maximum absolute atomic E-state index is 5.83. The number of benzene rings is 1. The van der Waals surface area contributed by atoms with E-state index in [2.05, 4.69) is 35.4 Å². The third-order valence-corrected chi connectivity index (χ3v) is 4.57. The molecule has 0 aliphatic heterocycles. The Morgan fingerprint density at radius 3 is 3.05 bits per heavy atom. The van der Waals surface area contributed by atoms with Crippen LogP contribution in [-0.2, 0) is 4.74 Å². The largest absolute Gasteiger partial charge is 0.376 e. The van der Waals surface area contributed by atoms with E-state index in [1.54, 1.807) is 11.3 Å². The summed E-state index contributed by atoms with van der Waals surface area (Å²) in [4.78, 5) is 4.59. The molecule has 0 saturated heterocycles. The number of aromatic nitrogens is 1. The number of fused-ring (bicyclic) bond motifs is 1. The molecule has 0 unspecified atom stereocenters. The van der Waals surface area contributed by atoms with Crippen LogP contribution in [0.25, 0.3) is 10.2 Å². The summed E-state index contributed by atoms with van der Waals surface area (Å²) >= 11 is 1.71. The van der Waals surface area contributed by atoms with Gasteiger partial charge in [0, 0.05) is 6.54 Å². The smallest absolute Gasteiger partial charge is 0.183 e. The Hall–Kier alpha value is -1.13. The summed E-state index contributed by atoms with van der Waals surface area (Å²) in [6.07, 6.45) is 5.63. The number of nitrogens with zero attached hydrogens (tertiary/aromatic N) is 1. The molecule has 1 N–H and O–H groups in total. The normalized spacial score (nSPS) is 16.3. The molecule has 1 fully saturated rings. The van der Waals surface area contributed by atoms with Gasteiger partial charge in [-0.2, -0.15) is 0 Å². The average molecular weight is 276 g/mol. The summed E-state index contributed by atoms with van der Waals surface area (Å²) in [6, 6.07) is 6.40. The Balaban J connectivity index is 1.50. The fraction of sp³-hybridized carbons (Fsp3) is 0.533. The van der Waals surface area contributed by atoms with E-state index >= 15 is 0 Å². The van der Waals surface area contributed by atoms with Gasteiger partial charge >= 0.3 is 0 Å². The molecule has 4 heteroatoms. The molecular weight excluding hydrogens is 256 g/mol. The van der Waals surface area contributed by atoms with Crippen molar-refractivity contribution in [1.29, 1.82) is 0 Å². The molecule has 1 heterocycles. The fourth-order valence-electron chi connectivity index (χ4n) is 2.55. The first-order chi connectivity index (χ1) is 9.31. The van der Waals surface area contributed by atoms with E-state index in [-0.39, 0.29) is 0 Å². The molecule has 1 aromatic carbocycles. The van der Waals surface area contributed by atoms with Gasteiger partial charge in [0.1, 0.15) is 0 Å². The quantitative estimate of drug-likeness (QED) is 0.839. The third kappa shape index (κ3) is 3.25. The van der Waals surface area contributed by atoms with E-state index in [1.165, 1.54) is 35.9 Å². The summed E-state index contributed by atoms with van der Waals surface area (Å²) < 4.78 is 7.07. The first-order valence-electron chi connectivity index (χ1n) is 7.04. The minimum Gasteiger partial charge on any atom is -0.376 e. The third-order valence-electron chi connectivity index (χ3n) is 3.58. The van der Waals surface area contributed by atoms with Crippen molar-refractivity contribution in [3.8, 4) is 0 Å². The molecular formula is C15H20N2OS. The molecule has 19 heavy (non-hydrogen) atoms. The SMILES string of the molecule is Cc1ccc2sc(NCCOC3CCCC3)nc2c1. The number of anilines is 1. The van der Waals surface area contributed by atoms with Crippen molar-refractivity contribution >= 4 is 26.7 Å². The van der Waals surface area contributed by atoms with Crippen LogP contribution in [0.15, 0.2) is 18.2 Å². The van der Waals surface area contributed by atoms with Crippen molar-refractivity contribution in [2.45, 2.75) is 38.7 Å². The van der Waals surface area contributed by atoms with E-state index in [4.69, 9.17) is 4.74 Å². The molecule has 102 valence electrons. The van der Waals surface area contributed by atoms with Crippen molar-refractivity contribution in [3.05, 3.63) is 23.8 Å². The molecule has 2 aromatic rings. The molecule has 1 aromatic heterocycles. The Bertz CT molecular complexity index is 546. The predicted octanol–water partition coefficient (Wildman–Crippen LogP) is 3.98. The number of nitrogens with one attached hydrogen (secondary N) is 1. The van der Waals surface area contributed by atoms with Gasteiger partial charge in [0.25, 0.3) is 0 Å². The molecule has 0 spiro atoms. The molecule has 0 amide bonds. The number of hydrogen-bond donors (Lipinski definition) is 1. The maximum atomic E-state index is 5.83. The van der Waals surface area contributed by atoms with Crippen LogP contribution in [0, 0.1) is 6.92 Å². The van der Waals surface area contributed by atoms with E-state index in [0.717, 1.165) is 23.8 Å². The van der Waals surface area contributed by atoms with Crippen LogP contribution >= 0.6 is 11.3 Å². The van der Waals surface area contributed by atoms with E-state index in [1.807, 2.05) is 0 Å². The lowest BCUT2D eigenvalue weighted by atomic mass is 10.2. The average Bonchev–Trinajstić information content (AvgIpc) is 3.02. The molecule has 0 atom stereocenters. The lowest BCUT2D eigenvalue weighted by molar-refractivity contribution is 0.0659. The van der Waals surface area contributed by atoms with Crippen LogP contribution in [0.4, 0.5) is 5.13 Å². The van der Waals surface area contributed by atoms with Gasteiger partial charge in [-0.3, -0.25) is 0 Å². The van der Waals surface area contributed by atoms with Gasteiger partial charge in [-0.1, -0.05) is 30.2 Å². The highest BCUT2D eigenvalue weighted by atomic mass is 32.1. The molecule has 3 rings (SSSR count). The monoisotopic (exact) mass is 276 g/mol. The van der Waals surface area contributed by atoms with Gasteiger partial charge in [-0.25, -0.2) is 4.98 Å². The zero-order valence-electron chi connectivity index (χ0n) is 11.3. The number of thiazole rings is 1. The number of rotatable bonds is 5. The Morgan fingerprint density at radius 2 is 2.21 bits per heavy atom. The molecule has 1 saturated carbocycles. The highest BCUT2D eigenvalue weighted by molar-refractivity contribution is 7.22. The van der Waals surface area contributed by atoms with E-state index in [9.17, 15) is 0 Å². The second-order valence-electron chi connectivity index (χ2n) is 5.19. The summed E-state index contributed by atoms with van der Waals surface area (Å²) in [5.74, 6) is 0. The molecule has 0 radical (unpaired) electrons. The number of ether oxygens (including phenoxy) is 1. The summed E-state index contributed by atoms with van der Waals surface area (Å²) in [5, 5.41) is 4.36. The number of hydrogen-bond acceptors (Lipinski definition) is 4. The minimum absolute atomic E-state index is 0.500. The number of aryl methyl sites for hydroxylation is 1. The Labute approximate surface area is 118 Å². The van der Waals surface area contributed by atoms with Crippen molar-refractivity contribution in [2.75, 3.05) is 18.5 Å². The summed E-state index contributed by atoms with van der Waals surface area (Å²) in [5.41, 5.74) is 2.35. The van der Waals surface area contributed by atoms with Gasteiger partial charge in [0.2, 0.25) is 0 Å². The van der Waals surface area contributed by atoms with Crippen LogP contribution < -0.4 is 5.32 Å².